The van der Waals surface area contributed by atoms with Gasteiger partial charge in [-0.25, -0.2) is 0 Å². The smallest absolute Gasteiger partial charge is 0.253 e. The first-order valence-electron chi connectivity index (χ1n) is 11.0. The number of benzene rings is 2. The van der Waals surface area contributed by atoms with Crippen LogP contribution in [0.1, 0.15) is 45.5 Å². The maximum absolute atomic E-state index is 12.7. The number of likely N-dealkylation sites (tertiary alicyclic amines) is 1. The molecule has 1 aliphatic rings. The molecule has 2 heterocycles. The minimum Gasteiger partial charge on any atom is -0.372 e. The lowest BCUT2D eigenvalue weighted by Gasteiger charge is -2.32. The van der Waals surface area contributed by atoms with E-state index >= 15 is 0 Å². The number of nitriles is 1. The third-order valence-corrected chi connectivity index (χ3v) is 6.00. The van der Waals surface area contributed by atoms with Gasteiger partial charge < -0.3 is 9.64 Å². The molecule has 0 aliphatic carbocycles. The van der Waals surface area contributed by atoms with Gasteiger partial charge in [0.25, 0.3) is 5.91 Å². The lowest BCUT2D eigenvalue weighted by molar-refractivity contribution is 0.0690. The molecule has 0 bridgehead atoms. The lowest BCUT2D eigenvalue weighted by atomic mass is 9.89. The molecule has 1 saturated heterocycles. The molecule has 1 fully saturated rings. The van der Waals surface area contributed by atoms with Crippen molar-refractivity contribution in [2.45, 2.75) is 32.5 Å². The molecule has 0 saturated carbocycles. The van der Waals surface area contributed by atoms with E-state index < -0.39 is 0 Å². The number of ether oxygens (including phenoxy) is 1. The highest BCUT2D eigenvalue weighted by atomic mass is 16.5. The minimum absolute atomic E-state index is 0.0593. The molecule has 0 radical (unpaired) electrons. The van der Waals surface area contributed by atoms with Crippen molar-refractivity contribution >= 4 is 5.91 Å². The standard InChI is InChI=1S/C27H27N3O2/c28-18-23-5-7-26(8-6-23)27(31)30-15-11-22(12-16-30)17-21-1-3-24(4-2-21)19-32-20-25-9-13-29-14-10-25/h1-10,13-14,22H,11-12,15-17,19-20H2. The number of rotatable bonds is 7. The maximum Gasteiger partial charge on any atom is 0.253 e. The first-order valence-corrected chi connectivity index (χ1v) is 11.0. The van der Waals surface area contributed by atoms with Crippen molar-refractivity contribution in [1.29, 1.82) is 5.26 Å². The Morgan fingerprint density at radius 3 is 2.12 bits per heavy atom. The molecular formula is C27H27N3O2. The number of pyridine rings is 1. The summed E-state index contributed by atoms with van der Waals surface area (Å²) in [6.45, 7) is 2.75. The van der Waals surface area contributed by atoms with Crippen molar-refractivity contribution in [3.8, 4) is 6.07 Å². The van der Waals surface area contributed by atoms with E-state index in [2.05, 4.69) is 35.3 Å². The molecule has 5 heteroatoms. The van der Waals surface area contributed by atoms with E-state index in [1.54, 1.807) is 36.7 Å². The van der Waals surface area contributed by atoms with E-state index in [-0.39, 0.29) is 5.91 Å². The van der Waals surface area contributed by atoms with Gasteiger partial charge in [-0.15, -0.1) is 0 Å². The van der Waals surface area contributed by atoms with Crippen LogP contribution in [-0.4, -0.2) is 28.9 Å². The van der Waals surface area contributed by atoms with Crippen molar-refractivity contribution in [3.63, 3.8) is 0 Å². The average molecular weight is 426 g/mol. The monoisotopic (exact) mass is 425 g/mol. The van der Waals surface area contributed by atoms with Gasteiger partial charge in [-0.2, -0.15) is 5.26 Å². The van der Waals surface area contributed by atoms with Crippen molar-refractivity contribution in [2.75, 3.05) is 13.1 Å². The second-order valence-electron chi connectivity index (χ2n) is 8.29. The van der Waals surface area contributed by atoms with E-state index in [0.29, 0.717) is 30.3 Å². The van der Waals surface area contributed by atoms with Gasteiger partial charge >= 0.3 is 0 Å². The molecule has 32 heavy (non-hydrogen) atoms. The van der Waals surface area contributed by atoms with Gasteiger partial charge in [-0.05, 0) is 78.3 Å². The van der Waals surface area contributed by atoms with E-state index in [1.807, 2.05) is 17.0 Å². The van der Waals surface area contributed by atoms with Crippen LogP contribution < -0.4 is 0 Å². The molecule has 0 spiro atoms. The second-order valence-corrected chi connectivity index (χ2v) is 8.29. The highest BCUT2D eigenvalue weighted by Crippen LogP contribution is 2.23. The molecular weight excluding hydrogens is 398 g/mol. The minimum atomic E-state index is 0.0593. The van der Waals surface area contributed by atoms with E-state index in [1.165, 1.54) is 11.1 Å². The summed E-state index contributed by atoms with van der Waals surface area (Å²) < 4.78 is 5.80. The Morgan fingerprint density at radius 2 is 1.50 bits per heavy atom. The van der Waals surface area contributed by atoms with Gasteiger partial charge in [0.2, 0.25) is 0 Å². The summed E-state index contributed by atoms with van der Waals surface area (Å²) in [7, 11) is 0. The molecule has 1 aromatic heterocycles. The molecule has 162 valence electrons. The van der Waals surface area contributed by atoms with Crippen molar-refractivity contribution < 1.29 is 9.53 Å². The van der Waals surface area contributed by atoms with Crippen molar-refractivity contribution in [2.24, 2.45) is 5.92 Å². The van der Waals surface area contributed by atoms with Gasteiger partial charge in [0, 0.05) is 31.0 Å². The number of carbonyl (C=O) groups is 1. The van der Waals surface area contributed by atoms with Gasteiger partial charge in [0.15, 0.2) is 0 Å². The molecule has 5 nitrogen and oxygen atoms in total. The predicted molar refractivity (Wildman–Crippen MR) is 123 cm³/mol. The maximum atomic E-state index is 12.7. The Labute approximate surface area is 189 Å². The molecule has 0 atom stereocenters. The molecule has 1 aliphatic heterocycles. The Balaban J connectivity index is 1.21. The molecule has 1 amide bonds. The number of aromatic nitrogens is 1. The third-order valence-electron chi connectivity index (χ3n) is 6.00. The Morgan fingerprint density at radius 1 is 0.906 bits per heavy atom. The van der Waals surface area contributed by atoms with Crippen molar-refractivity contribution in [1.82, 2.24) is 9.88 Å². The molecule has 0 unspecified atom stereocenters. The average Bonchev–Trinajstić information content (AvgIpc) is 2.86. The van der Waals surface area contributed by atoms with Gasteiger partial charge in [-0.3, -0.25) is 9.78 Å². The Bertz CT molecular complexity index is 1050. The quantitative estimate of drug-likeness (QED) is 0.547. The summed E-state index contributed by atoms with van der Waals surface area (Å²) in [5.41, 5.74) is 4.86. The number of nitrogens with zero attached hydrogens (tertiary/aromatic N) is 3. The summed E-state index contributed by atoms with van der Waals surface area (Å²) in [4.78, 5) is 18.7. The molecule has 3 aromatic rings. The number of hydrogen-bond donors (Lipinski definition) is 0. The van der Waals surface area contributed by atoms with Crippen LogP contribution in [0.3, 0.4) is 0 Å². The normalized spacial score (nSPS) is 14.2. The number of piperidine rings is 1. The van der Waals surface area contributed by atoms with Crippen LogP contribution in [0.15, 0.2) is 73.1 Å². The largest absolute Gasteiger partial charge is 0.372 e. The zero-order valence-electron chi connectivity index (χ0n) is 18.1. The topological polar surface area (TPSA) is 66.2 Å². The highest BCUT2D eigenvalue weighted by molar-refractivity contribution is 5.94. The van der Waals surface area contributed by atoms with Gasteiger partial charge in [-0.1, -0.05) is 24.3 Å². The fourth-order valence-electron chi connectivity index (χ4n) is 4.08. The fourth-order valence-corrected chi connectivity index (χ4v) is 4.08. The summed E-state index contributed by atoms with van der Waals surface area (Å²) in [6.07, 6.45) is 6.62. The summed E-state index contributed by atoms with van der Waals surface area (Å²) in [5, 5.41) is 8.91. The SMILES string of the molecule is N#Cc1ccc(C(=O)N2CCC(Cc3ccc(COCc4ccncc4)cc3)CC2)cc1. The van der Waals surface area contributed by atoms with E-state index in [0.717, 1.165) is 37.9 Å². The van der Waals surface area contributed by atoms with Crippen LogP contribution in [0.5, 0.6) is 0 Å². The molecule has 2 aromatic carbocycles. The number of carbonyl (C=O) groups excluding carboxylic acids is 1. The van der Waals surface area contributed by atoms with E-state index in [9.17, 15) is 4.79 Å². The van der Waals surface area contributed by atoms with Crippen molar-refractivity contribution in [3.05, 3.63) is 101 Å². The number of hydrogen-bond acceptors (Lipinski definition) is 4. The fraction of sp³-hybridized carbons (Fsp3) is 0.296. The molecule has 0 N–H and O–H groups in total. The van der Waals surface area contributed by atoms with Crippen LogP contribution in [0.2, 0.25) is 0 Å². The van der Waals surface area contributed by atoms with Crippen LogP contribution in [0.25, 0.3) is 0 Å². The van der Waals surface area contributed by atoms with Crippen LogP contribution in [0.4, 0.5) is 0 Å². The predicted octanol–water partition coefficient (Wildman–Crippen LogP) is 4.76. The van der Waals surface area contributed by atoms with Crippen LogP contribution in [0, 0.1) is 17.2 Å². The van der Waals surface area contributed by atoms with Gasteiger partial charge in [0.05, 0.1) is 24.8 Å². The third kappa shape index (κ3) is 5.81. The lowest BCUT2D eigenvalue weighted by Crippen LogP contribution is -2.38. The van der Waals surface area contributed by atoms with E-state index in [4.69, 9.17) is 10.00 Å². The molecule has 4 rings (SSSR count). The Kier molecular flexibility index (Phi) is 7.27. The first-order chi connectivity index (χ1) is 15.7. The first kappa shape index (κ1) is 21.7. The number of amides is 1. The zero-order valence-corrected chi connectivity index (χ0v) is 18.1. The summed E-state index contributed by atoms with van der Waals surface area (Å²) in [6, 6.07) is 21.6. The van der Waals surface area contributed by atoms with Gasteiger partial charge in [0.1, 0.15) is 0 Å². The van der Waals surface area contributed by atoms with Crippen LogP contribution in [-0.2, 0) is 24.4 Å². The van der Waals surface area contributed by atoms with Crippen LogP contribution >= 0.6 is 0 Å². The Hall–Kier alpha value is -3.49. The summed E-state index contributed by atoms with van der Waals surface area (Å²) >= 11 is 0. The second kappa shape index (κ2) is 10.7. The highest BCUT2D eigenvalue weighted by Gasteiger charge is 2.23. The zero-order chi connectivity index (χ0) is 22.2. The summed E-state index contributed by atoms with van der Waals surface area (Å²) in [5.74, 6) is 0.651.